The number of ether oxygens (including phenoxy) is 1. The molecule has 20 heavy (non-hydrogen) atoms. The van der Waals surface area contributed by atoms with E-state index in [4.69, 9.17) is 4.74 Å². The highest BCUT2D eigenvalue weighted by Gasteiger charge is 2.71. The number of esters is 1. The van der Waals surface area contributed by atoms with E-state index in [2.05, 4.69) is 13.5 Å². The van der Waals surface area contributed by atoms with Crippen molar-refractivity contribution in [1.82, 2.24) is 0 Å². The quantitative estimate of drug-likeness (QED) is 0.599. The summed E-state index contributed by atoms with van der Waals surface area (Å²) in [5.74, 6) is -0.582. The normalized spacial score (nSPS) is 53.0. The molecule has 5 unspecified atom stereocenters. The van der Waals surface area contributed by atoms with Crippen LogP contribution in [0.1, 0.15) is 52.9 Å². The van der Waals surface area contributed by atoms with E-state index in [0.717, 1.165) is 0 Å². The van der Waals surface area contributed by atoms with Gasteiger partial charge in [-0.15, -0.1) is 0 Å². The van der Waals surface area contributed by atoms with E-state index >= 15 is 0 Å². The highest BCUT2D eigenvalue weighted by atomic mass is 16.6. The van der Waals surface area contributed by atoms with Gasteiger partial charge in [0.25, 0.3) is 0 Å². The molecule has 4 heteroatoms. The van der Waals surface area contributed by atoms with Gasteiger partial charge in [0.2, 0.25) is 0 Å². The lowest BCUT2D eigenvalue weighted by Crippen LogP contribution is -2.74. The molecule has 2 N–H and O–H groups in total. The number of hydrogen-bond acceptors (Lipinski definition) is 4. The third-order valence-electron chi connectivity index (χ3n) is 5.72. The van der Waals surface area contributed by atoms with Crippen molar-refractivity contribution in [3.63, 3.8) is 0 Å². The smallest absolute Gasteiger partial charge is 0.333 e. The maximum absolute atomic E-state index is 12.0. The van der Waals surface area contributed by atoms with Crippen molar-refractivity contribution in [2.24, 2.45) is 11.3 Å². The lowest BCUT2D eigenvalue weighted by Gasteiger charge is -2.68. The SMILES string of the molecule is C=C(C)C(=O)OC12CC3(C)CC(O)(CC(O)(C3)C1C)C2. The van der Waals surface area contributed by atoms with E-state index in [1.165, 1.54) is 0 Å². The van der Waals surface area contributed by atoms with E-state index in [1.807, 2.05) is 6.92 Å². The summed E-state index contributed by atoms with van der Waals surface area (Å²) < 4.78 is 5.76. The van der Waals surface area contributed by atoms with Crippen LogP contribution in [0.5, 0.6) is 0 Å². The summed E-state index contributed by atoms with van der Waals surface area (Å²) in [6.07, 6.45) is 2.89. The maximum Gasteiger partial charge on any atom is 0.333 e. The molecule has 0 amide bonds. The molecule has 0 saturated heterocycles. The summed E-state index contributed by atoms with van der Waals surface area (Å²) in [5.41, 5.74) is -2.42. The second-order valence-corrected chi connectivity index (χ2v) is 7.98. The van der Waals surface area contributed by atoms with Gasteiger partial charge in [-0.2, -0.15) is 0 Å². The second-order valence-electron chi connectivity index (χ2n) is 7.98. The van der Waals surface area contributed by atoms with Gasteiger partial charge in [0.15, 0.2) is 0 Å². The van der Waals surface area contributed by atoms with Gasteiger partial charge in [-0.3, -0.25) is 0 Å². The van der Waals surface area contributed by atoms with Gasteiger partial charge in [0.1, 0.15) is 5.60 Å². The molecule has 0 spiro atoms. The minimum absolute atomic E-state index is 0.160. The summed E-state index contributed by atoms with van der Waals surface area (Å²) in [6, 6.07) is 0. The third kappa shape index (κ3) is 1.77. The fraction of sp³-hybridized carbons (Fsp3) is 0.812. The molecule has 0 heterocycles. The van der Waals surface area contributed by atoms with Crippen LogP contribution in [0.2, 0.25) is 0 Å². The van der Waals surface area contributed by atoms with Gasteiger partial charge in [-0.1, -0.05) is 20.4 Å². The molecule has 4 bridgehead atoms. The summed E-state index contributed by atoms with van der Waals surface area (Å²) >= 11 is 0. The largest absolute Gasteiger partial charge is 0.455 e. The van der Waals surface area contributed by atoms with Crippen LogP contribution >= 0.6 is 0 Å². The number of hydrogen-bond donors (Lipinski definition) is 2. The van der Waals surface area contributed by atoms with Crippen LogP contribution in [-0.2, 0) is 9.53 Å². The van der Waals surface area contributed by atoms with Crippen molar-refractivity contribution in [3.05, 3.63) is 12.2 Å². The molecular formula is C16H24O4. The molecule has 4 nitrogen and oxygen atoms in total. The number of rotatable bonds is 2. The second kappa shape index (κ2) is 3.66. The maximum atomic E-state index is 12.0. The Kier molecular flexibility index (Phi) is 2.58. The molecule has 4 aliphatic carbocycles. The third-order valence-corrected chi connectivity index (χ3v) is 5.72. The van der Waals surface area contributed by atoms with Gasteiger partial charge in [-0.05, 0) is 31.6 Å². The molecule has 0 aromatic rings. The monoisotopic (exact) mass is 280 g/mol. The topological polar surface area (TPSA) is 66.8 Å². The highest BCUT2D eigenvalue weighted by Crippen LogP contribution is 2.67. The first-order chi connectivity index (χ1) is 9.02. The summed E-state index contributed by atoms with van der Waals surface area (Å²) in [6.45, 7) is 9.27. The van der Waals surface area contributed by atoms with Crippen molar-refractivity contribution < 1.29 is 19.7 Å². The molecule has 5 atom stereocenters. The van der Waals surface area contributed by atoms with E-state index in [9.17, 15) is 15.0 Å². The minimum atomic E-state index is -0.937. The molecule has 4 aliphatic rings. The molecule has 4 saturated carbocycles. The summed E-state index contributed by atoms with van der Waals surface area (Å²) in [7, 11) is 0. The summed E-state index contributed by atoms with van der Waals surface area (Å²) in [5, 5.41) is 21.7. The first-order valence-corrected chi connectivity index (χ1v) is 7.35. The molecule has 0 radical (unpaired) electrons. The number of carbonyl (C=O) groups is 1. The van der Waals surface area contributed by atoms with Crippen molar-refractivity contribution in [1.29, 1.82) is 0 Å². The molecule has 112 valence electrons. The molecule has 0 aromatic carbocycles. The van der Waals surface area contributed by atoms with Crippen molar-refractivity contribution in [3.8, 4) is 0 Å². The predicted molar refractivity (Wildman–Crippen MR) is 73.9 cm³/mol. The van der Waals surface area contributed by atoms with E-state index < -0.39 is 22.8 Å². The van der Waals surface area contributed by atoms with Crippen molar-refractivity contribution in [2.75, 3.05) is 0 Å². The van der Waals surface area contributed by atoms with Crippen LogP contribution in [0.25, 0.3) is 0 Å². The standard InChI is InChI=1S/C16H24O4/c1-10(2)12(17)20-16-7-13(4)5-14(18,9-16)8-15(19,6-13)11(16)3/h11,18-19H,1,5-9H2,2-4H3. The van der Waals surface area contributed by atoms with Crippen LogP contribution in [0, 0.1) is 11.3 Å². The van der Waals surface area contributed by atoms with Gasteiger partial charge in [0, 0.05) is 24.3 Å². The zero-order valence-corrected chi connectivity index (χ0v) is 12.5. The van der Waals surface area contributed by atoms with Gasteiger partial charge in [0.05, 0.1) is 11.2 Å². The van der Waals surface area contributed by atoms with Gasteiger partial charge < -0.3 is 14.9 Å². The Morgan fingerprint density at radius 2 is 1.85 bits per heavy atom. The Morgan fingerprint density at radius 1 is 1.20 bits per heavy atom. The van der Waals surface area contributed by atoms with Gasteiger partial charge in [-0.25, -0.2) is 4.79 Å². The van der Waals surface area contributed by atoms with Crippen molar-refractivity contribution >= 4 is 5.97 Å². The molecular weight excluding hydrogens is 256 g/mol. The Hall–Kier alpha value is -0.870. The van der Waals surface area contributed by atoms with E-state index in [1.54, 1.807) is 6.92 Å². The van der Waals surface area contributed by atoms with Crippen LogP contribution in [-0.4, -0.2) is 33.0 Å². The molecule has 4 rings (SSSR count). The lowest BCUT2D eigenvalue weighted by molar-refractivity contribution is -0.308. The lowest BCUT2D eigenvalue weighted by atomic mass is 9.42. The zero-order valence-electron chi connectivity index (χ0n) is 12.5. The predicted octanol–water partition coefficient (Wildman–Crippen LogP) is 1.94. The zero-order chi connectivity index (χ0) is 15.0. The Balaban J connectivity index is 2.02. The fourth-order valence-electron chi connectivity index (χ4n) is 5.42. The molecule has 4 fully saturated rings. The van der Waals surface area contributed by atoms with Crippen LogP contribution in [0.3, 0.4) is 0 Å². The first-order valence-electron chi connectivity index (χ1n) is 7.35. The van der Waals surface area contributed by atoms with E-state index in [0.29, 0.717) is 37.7 Å². The number of aliphatic hydroxyl groups is 2. The fourth-order valence-corrected chi connectivity index (χ4v) is 5.42. The average molecular weight is 280 g/mol. The Bertz CT molecular complexity index is 477. The number of carbonyl (C=O) groups excluding carboxylic acids is 1. The minimum Gasteiger partial charge on any atom is -0.455 e. The van der Waals surface area contributed by atoms with Crippen LogP contribution in [0.15, 0.2) is 12.2 Å². The highest BCUT2D eigenvalue weighted by molar-refractivity contribution is 5.87. The molecule has 0 aliphatic heterocycles. The van der Waals surface area contributed by atoms with Crippen LogP contribution in [0.4, 0.5) is 0 Å². The molecule has 0 aromatic heterocycles. The summed E-state index contributed by atoms with van der Waals surface area (Å²) in [4.78, 5) is 12.0. The van der Waals surface area contributed by atoms with Gasteiger partial charge >= 0.3 is 5.97 Å². The van der Waals surface area contributed by atoms with E-state index in [-0.39, 0.29) is 11.3 Å². The Morgan fingerprint density at radius 3 is 2.40 bits per heavy atom. The average Bonchev–Trinajstić information content (AvgIpc) is 2.21. The first kappa shape index (κ1) is 14.1. The van der Waals surface area contributed by atoms with Crippen LogP contribution < -0.4 is 0 Å². The Labute approximate surface area is 119 Å². The van der Waals surface area contributed by atoms with Crippen molar-refractivity contribution in [2.45, 2.75) is 69.7 Å².